The van der Waals surface area contributed by atoms with Gasteiger partial charge in [0.15, 0.2) is 5.76 Å². The van der Waals surface area contributed by atoms with Gasteiger partial charge < -0.3 is 14.5 Å². The van der Waals surface area contributed by atoms with Crippen LogP contribution in [0, 0.1) is 6.92 Å². The van der Waals surface area contributed by atoms with Crippen molar-refractivity contribution in [3.63, 3.8) is 0 Å². The topological polar surface area (TPSA) is 69.3 Å². The molecule has 0 radical (unpaired) electrons. The number of rotatable bonds is 8. The predicted octanol–water partition coefficient (Wildman–Crippen LogP) is 5.00. The average molecular weight is 396 g/mol. The molecule has 1 aromatic carbocycles. The zero-order chi connectivity index (χ0) is 21.0. The first kappa shape index (κ1) is 20.7. The highest BCUT2D eigenvalue weighted by Crippen LogP contribution is 2.21. The summed E-state index contributed by atoms with van der Waals surface area (Å²) in [7, 11) is 0. The lowest BCUT2D eigenvalue weighted by molar-refractivity contribution is 0.0907. The number of carbonyl (C=O) groups excluding carboxylic acids is 1. The maximum Gasteiger partial charge on any atom is 0.287 e. The van der Waals surface area contributed by atoms with E-state index in [-0.39, 0.29) is 24.3 Å². The van der Waals surface area contributed by atoms with Crippen LogP contribution in [0.25, 0.3) is 0 Å². The van der Waals surface area contributed by atoms with Gasteiger partial charge in [-0.15, -0.1) is 0 Å². The molecule has 1 unspecified atom stereocenters. The van der Waals surface area contributed by atoms with E-state index in [1.807, 2.05) is 37.6 Å². The Morgan fingerprint density at radius 3 is 2.52 bits per heavy atom. The Bertz CT molecular complexity index is 954. The van der Waals surface area contributed by atoms with E-state index in [0.717, 1.165) is 23.6 Å². The maximum absolute atomic E-state index is 12.5. The van der Waals surface area contributed by atoms with Gasteiger partial charge in [-0.1, -0.05) is 26.0 Å². The average Bonchev–Trinajstić information content (AvgIpc) is 3.33. The molecular weight excluding hydrogens is 366 g/mol. The van der Waals surface area contributed by atoms with Gasteiger partial charge in [-0.2, -0.15) is 5.10 Å². The van der Waals surface area contributed by atoms with Crippen molar-refractivity contribution in [2.75, 3.05) is 0 Å². The second-order valence-corrected chi connectivity index (χ2v) is 7.47. The number of aryl methyl sites for hydroxylation is 1. The van der Waals surface area contributed by atoms with Crippen LogP contribution in [0.15, 0.2) is 47.0 Å². The van der Waals surface area contributed by atoms with Crippen LogP contribution in [-0.2, 0) is 13.2 Å². The fraction of sp³-hybridized carbons (Fsp3) is 0.391. The molecule has 6 nitrogen and oxygen atoms in total. The third-order valence-corrected chi connectivity index (χ3v) is 5.07. The van der Waals surface area contributed by atoms with E-state index in [1.54, 1.807) is 18.3 Å². The van der Waals surface area contributed by atoms with E-state index in [1.165, 1.54) is 5.56 Å². The van der Waals surface area contributed by atoms with E-state index in [4.69, 9.17) is 9.15 Å². The number of furan rings is 1. The van der Waals surface area contributed by atoms with Crippen molar-refractivity contribution in [3.8, 4) is 5.75 Å². The molecule has 0 bridgehead atoms. The van der Waals surface area contributed by atoms with Crippen molar-refractivity contribution in [1.29, 1.82) is 0 Å². The summed E-state index contributed by atoms with van der Waals surface area (Å²) >= 11 is 0. The molecule has 1 amide bonds. The fourth-order valence-corrected chi connectivity index (χ4v) is 3.23. The van der Waals surface area contributed by atoms with Crippen LogP contribution < -0.4 is 10.1 Å². The van der Waals surface area contributed by atoms with Crippen LogP contribution in [0.1, 0.15) is 72.8 Å². The number of hydrogen-bond donors (Lipinski definition) is 1. The molecule has 2 aromatic heterocycles. The normalized spacial score (nSPS) is 12.2. The molecule has 6 heteroatoms. The minimum atomic E-state index is -0.256. The molecule has 0 fully saturated rings. The Labute approximate surface area is 171 Å². The van der Waals surface area contributed by atoms with Crippen LogP contribution in [0.4, 0.5) is 0 Å². The summed E-state index contributed by atoms with van der Waals surface area (Å²) in [6, 6.07) is 11.3. The van der Waals surface area contributed by atoms with Gasteiger partial charge in [-0.05, 0) is 56.5 Å². The number of benzene rings is 1. The lowest BCUT2D eigenvalue weighted by Gasteiger charge is -2.13. The number of hydrogen-bond acceptors (Lipinski definition) is 4. The van der Waals surface area contributed by atoms with Crippen molar-refractivity contribution >= 4 is 5.91 Å². The molecular formula is C23H29N3O3. The molecule has 3 rings (SSSR count). The third kappa shape index (κ3) is 4.88. The van der Waals surface area contributed by atoms with Crippen molar-refractivity contribution in [2.45, 2.75) is 59.7 Å². The number of nitrogens with zero attached hydrogens (tertiary/aromatic N) is 2. The molecule has 29 heavy (non-hydrogen) atoms. The number of amides is 1. The molecule has 0 aliphatic rings. The fourth-order valence-electron chi connectivity index (χ4n) is 3.23. The molecule has 1 atom stereocenters. The summed E-state index contributed by atoms with van der Waals surface area (Å²) in [6.07, 6.45) is 1.80. The summed E-state index contributed by atoms with van der Waals surface area (Å²) in [5, 5.41) is 7.30. The molecule has 2 heterocycles. The molecule has 0 saturated carbocycles. The van der Waals surface area contributed by atoms with Gasteiger partial charge in [-0.25, -0.2) is 0 Å². The van der Waals surface area contributed by atoms with Gasteiger partial charge >= 0.3 is 0 Å². The quantitative estimate of drug-likeness (QED) is 0.583. The summed E-state index contributed by atoms with van der Waals surface area (Å²) in [6.45, 7) is 11.4. The first-order chi connectivity index (χ1) is 13.9. The summed E-state index contributed by atoms with van der Waals surface area (Å²) in [5.41, 5.74) is 3.32. The minimum absolute atomic E-state index is 0.160. The molecule has 154 valence electrons. The first-order valence-corrected chi connectivity index (χ1v) is 10.0. The lowest BCUT2D eigenvalue weighted by Crippen LogP contribution is -2.26. The first-order valence-electron chi connectivity index (χ1n) is 10.0. The second-order valence-electron chi connectivity index (χ2n) is 7.47. The van der Waals surface area contributed by atoms with Gasteiger partial charge in [-0.3, -0.25) is 9.48 Å². The van der Waals surface area contributed by atoms with E-state index in [0.29, 0.717) is 11.7 Å². The molecule has 3 aromatic rings. The number of ether oxygens (including phenoxy) is 1. The standard InChI is InChI=1S/C23H29N3O3/c1-6-26-17(5)21(13-24-26)16(4)25-23(27)22-12-11-20(29-22)14-28-19-9-7-18(8-10-19)15(2)3/h7-13,15-16H,6,14H2,1-5H3,(H,25,27). The third-order valence-electron chi connectivity index (χ3n) is 5.07. The van der Waals surface area contributed by atoms with Gasteiger partial charge in [0, 0.05) is 17.8 Å². The SMILES string of the molecule is CCn1ncc(C(C)NC(=O)c2ccc(COc3ccc(C(C)C)cc3)o2)c1C. The Hall–Kier alpha value is -3.02. The highest BCUT2D eigenvalue weighted by Gasteiger charge is 2.18. The maximum atomic E-state index is 12.5. The summed E-state index contributed by atoms with van der Waals surface area (Å²) in [4.78, 5) is 12.5. The molecule has 0 aliphatic heterocycles. The van der Waals surface area contributed by atoms with Crippen molar-refractivity contribution in [1.82, 2.24) is 15.1 Å². The highest BCUT2D eigenvalue weighted by atomic mass is 16.5. The molecule has 0 saturated heterocycles. The minimum Gasteiger partial charge on any atom is -0.486 e. The molecule has 0 aliphatic carbocycles. The lowest BCUT2D eigenvalue weighted by atomic mass is 10.0. The summed E-state index contributed by atoms with van der Waals surface area (Å²) < 4.78 is 13.3. The van der Waals surface area contributed by atoms with Gasteiger partial charge in [0.05, 0.1) is 12.2 Å². The van der Waals surface area contributed by atoms with E-state index < -0.39 is 0 Å². The Kier molecular flexibility index (Phi) is 6.42. The van der Waals surface area contributed by atoms with Gasteiger partial charge in [0.2, 0.25) is 0 Å². The number of carbonyl (C=O) groups is 1. The van der Waals surface area contributed by atoms with E-state index in [9.17, 15) is 4.79 Å². The largest absolute Gasteiger partial charge is 0.486 e. The Balaban J connectivity index is 1.57. The number of aromatic nitrogens is 2. The van der Waals surface area contributed by atoms with Crippen LogP contribution in [0.2, 0.25) is 0 Å². The van der Waals surface area contributed by atoms with Crippen molar-refractivity contribution in [2.24, 2.45) is 0 Å². The Morgan fingerprint density at radius 2 is 1.90 bits per heavy atom. The van der Waals surface area contributed by atoms with Gasteiger partial charge in [0.25, 0.3) is 5.91 Å². The van der Waals surface area contributed by atoms with Crippen LogP contribution in [0.3, 0.4) is 0 Å². The van der Waals surface area contributed by atoms with Crippen molar-refractivity contribution in [3.05, 3.63) is 70.9 Å². The zero-order valence-electron chi connectivity index (χ0n) is 17.7. The van der Waals surface area contributed by atoms with Gasteiger partial charge in [0.1, 0.15) is 18.1 Å². The zero-order valence-corrected chi connectivity index (χ0v) is 17.7. The van der Waals surface area contributed by atoms with E-state index in [2.05, 4.69) is 36.4 Å². The highest BCUT2D eigenvalue weighted by molar-refractivity contribution is 5.91. The summed E-state index contributed by atoms with van der Waals surface area (Å²) in [5.74, 6) is 1.87. The second kappa shape index (κ2) is 8.99. The predicted molar refractivity (Wildman–Crippen MR) is 112 cm³/mol. The van der Waals surface area contributed by atoms with Crippen LogP contribution >= 0.6 is 0 Å². The molecule has 0 spiro atoms. The molecule has 1 N–H and O–H groups in total. The van der Waals surface area contributed by atoms with Crippen LogP contribution in [0.5, 0.6) is 5.75 Å². The van der Waals surface area contributed by atoms with E-state index >= 15 is 0 Å². The van der Waals surface area contributed by atoms with Crippen molar-refractivity contribution < 1.29 is 13.9 Å². The smallest absolute Gasteiger partial charge is 0.287 e. The Morgan fingerprint density at radius 1 is 1.17 bits per heavy atom. The van der Waals surface area contributed by atoms with Crippen LogP contribution in [-0.4, -0.2) is 15.7 Å². The monoisotopic (exact) mass is 395 g/mol. The number of nitrogens with one attached hydrogen (secondary N) is 1.